The number of carbonyl (C=O) groups is 2. The molecule has 1 atom stereocenters. The third kappa shape index (κ3) is 6.23. The van der Waals surface area contributed by atoms with E-state index in [1.807, 2.05) is 32.8 Å². The molecule has 0 saturated carbocycles. The lowest BCUT2D eigenvalue weighted by Gasteiger charge is -2.28. The molecule has 0 fully saturated rings. The number of aliphatic carboxylic acids is 1. The first-order valence-corrected chi connectivity index (χ1v) is 7.17. The predicted octanol–water partition coefficient (Wildman–Crippen LogP) is 1.47. The van der Waals surface area contributed by atoms with Crippen molar-refractivity contribution in [2.45, 2.75) is 33.6 Å². The van der Waals surface area contributed by atoms with E-state index in [4.69, 9.17) is 0 Å². The van der Waals surface area contributed by atoms with E-state index in [0.29, 0.717) is 19.5 Å². The van der Waals surface area contributed by atoms with Crippen molar-refractivity contribution in [3.05, 3.63) is 0 Å². The maximum atomic E-state index is 12.1. The number of carboxylic acids is 1. The minimum Gasteiger partial charge on any atom is -0.481 e. The fourth-order valence-corrected chi connectivity index (χ4v) is 1.64. The highest BCUT2D eigenvalue weighted by Crippen LogP contribution is 2.19. The van der Waals surface area contributed by atoms with Crippen molar-refractivity contribution in [2.75, 3.05) is 40.3 Å². The number of amides is 2. The van der Waals surface area contributed by atoms with Crippen molar-refractivity contribution >= 4 is 12.0 Å². The van der Waals surface area contributed by atoms with Crippen LogP contribution >= 0.6 is 0 Å². The van der Waals surface area contributed by atoms with Gasteiger partial charge in [-0.3, -0.25) is 4.79 Å². The van der Waals surface area contributed by atoms with E-state index >= 15 is 0 Å². The summed E-state index contributed by atoms with van der Waals surface area (Å²) in [5, 5.41) is 11.9. The smallest absolute Gasteiger partial charge is 0.317 e. The largest absolute Gasteiger partial charge is 0.481 e. The molecule has 0 rings (SSSR count). The molecule has 0 aliphatic carbocycles. The maximum absolute atomic E-state index is 12.1. The van der Waals surface area contributed by atoms with Gasteiger partial charge in [-0.15, -0.1) is 0 Å². The quantitative estimate of drug-likeness (QED) is 0.673. The summed E-state index contributed by atoms with van der Waals surface area (Å²) in [7, 11) is 3.92. The Bertz CT molecular complexity index is 321. The zero-order valence-corrected chi connectivity index (χ0v) is 13.4. The summed E-state index contributed by atoms with van der Waals surface area (Å²) in [6, 6.07) is -0.186. The second kappa shape index (κ2) is 8.79. The first-order chi connectivity index (χ1) is 9.26. The van der Waals surface area contributed by atoms with Gasteiger partial charge >= 0.3 is 12.0 Å². The lowest BCUT2D eigenvalue weighted by Crippen LogP contribution is -2.48. The zero-order valence-electron chi connectivity index (χ0n) is 13.4. The zero-order chi connectivity index (χ0) is 15.8. The highest BCUT2D eigenvalue weighted by Gasteiger charge is 2.31. The summed E-state index contributed by atoms with van der Waals surface area (Å²) in [6.07, 6.45) is 1.36. The van der Waals surface area contributed by atoms with Gasteiger partial charge in [0.15, 0.2) is 0 Å². The Balaban J connectivity index is 4.48. The summed E-state index contributed by atoms with van der Waals surface area (Å²) >= 11 is 0. The van der Waals surface area contributed by atoms with Crippen molar-refractivity contribution in [3.63, 3.8) is 0 Å². The van der Waals surface area contributed by atoms with Crippen LogP contribution in [0.5, 0.6) is 0 Å². The third-order valence-corrected chi connectivity index (χ3v) is 3.52. The van der Waals surface area contributed by atoms with E-state index in [9.17, 15) is 14.7 Å². The molecule has 0 aromatic heterocycles. The normalized spacial score (nSPS) is 13.9. The molecule has 6 heteroatoms. The monoisotopic (exact) mass is 287 g/mol. The average Bonchev–Trinajstić information content (AvgIpc) is 2.39. The minimum absolute atomic E-state index is 0.153. The standard InChI is InChI=1S/C14H29N3O3/c1-6-8-17(10-9-16(4)5)13(20)15-11-14(3,7-2)12(18)19/h6-11H2,1-5H3,(H,15,20)(H,18,19). The molecule has 20 heavy (non-hydrogen) atoms. The second-order valence-electron chi connectivity index (χ2n) is 5.67. The maximum Gasteiger partial charge on any atom is 0.317 e. The van der Waals surface area contributed by atoms with Gasteiger partial charge in [-0.25, -0.2) is 4.79 Å². The lowest BCUT2D eigenvalue weighted by molar-refractivity contribution is -0.147. The van der Waals surface area contributed by atoms with Gasteiger partial charge in [-0.1, -0.05) is 13.8 Å². The molecule has 0 aliphatic rings. The molecule has 0 saturated heterocycles. The Labute approximate surface area is 122 Å². The van der Waals surface area contributed by atoms with Gasteiger partial charge in [0.25, 0.3) is 0 Å². The number of nitrogens with one attached hydrogen (secondary N) is 1. The average molecular weight is 287 g/mol. The van der Waals surface area contributed by atoms with Crippen LogP contribution in [0.15, 0.2) is 0 Å². The number of nitrogens with zero attached hydrogens (tertiary/aromatic N) is 2. The highest BCUT2D eigenvalue weighted by molar-refractivity contribution is 5.77. The second-order valence-corrected chi connectivity index (χ2v) is 5.67. The summed E-state index contributed by atoms with van der Waals surface area (Å²) in [5.74, 6) is -0.879. The van der Waals surface area contributed by atoms with Gasteiger partial charge in [0.2, 0.25) is 0 Å². The van der Waals surface area contributed by atoms with Gasteiger partial charge < -0.3 is 20.2 Å². The van der Waals surface area contributed by atoms with Crippen LogP contribution in [0.2, 0.25) is 0 Å². The minimum atomic E-state index is -0.908. The van der Waals surface area contributed by atoms with Crippen molar-refractivity contribution < 1.29 is 14.7 Å². The lowest BCUT2D eigenvalue weighted by atomic mass is 9.88. The Morgan fingerprint density at radius 2 is 1.75 bits per heavy atom. The molecule has 0 radical (unpaired) electrons. The molecule has 2 amide bonds. The molecule has 0 aromatic rings. The molecule has 0 bridgehead atoms. The van der Waals surface area contributed by atoms with Crippen LogP contribution in [0.3, 0.4) is 0 Å². The van der Waals surface area contributed by atoms with Crippen LogP contribution in [-0.4, -0.2) is 67.2 Å². The topological polar surface area (TPSA) is 72.9 Å². The van der Waals surface area contributed by atoms with Gasteiger partial charge in [-0.05, 0) is 33.9 Å². The molecule has 2 N–H and O–H groups in total. The Morgan fingerprint density at radius 1 is 1.15 bits per heavy atom. The first-order valence-electron chi connectivity index (χ1n) is 7.17. The molecule has 0 spiro atoms. The van der Waals surface area contributed by atoms with Gasteiger partial charge in [0.05, 0.1) is 5.41 Å². The van der Waals surface area contributed by atoms with Crippen LogP contribution in [0.1, 0.15) is 33.6 Å². The number of likely N-dealkylation sites (N-methyl/N-ethyl adjacent to an activating group) is 1. The molecule has 118 valence electrons. The van der Waals surface area contributed by atoms with Crippen molar-refractivity contribution in [3.8, 4) is 0 Å². The van der Waals surface area contributed by atoms with Crippen molar-refractivity contribution in [1.29, 1.82) is 0 Å². The molecular weight excluding hydrogens is 258 g/mol. The Morgan fingerprint density at radius 3 is 2.15 bits per heavy atom. The third-order valence-electron chi connectivity index (χ3n) is 3.52. The van der Waals surface area contributed by atoms with E-state index in [-0.39, 0.29) is 12.6 Å². The van der Waals surface area contributed by atoms with E-state index in [1.165, 1.54) is 0 Å². The first kappa shape index (κ1) is 18.7. The number of hydrogen-bond donors (Lipinski definition) is 2. The van der Waals surface area contributed by atoms with E-state index in [1.54, 1.807) is 11.8 Å². The van der Waals surface area contributed by atoms with Gasteiger partial charge in [0.1, 0.15) is 0 Å². The van der Waals surface area contributed by atoms with Crippen LogP contribution in [0, 0.1) is 5.41 Å². The van der Waals surface area contributed by atoms with E-state index in [0.717, 1.165) is 13.0 Å². The van der Waals surface area contributed by atoms with Gasteiger partial charge in [-0.2, -0.15) is 0 Å². The predicted molar refractivity (Wildman–Crippen MR) is 79.9 cm³/mol. The van der Waals surface area contributed by atoms with Gasteiger partial charge in [0, 0.05) is 26.2 Å². The number of rotatable bonds is 9. The molecule has 6 nitrogen and oxygen atoms in total. The van der Waals surface area contributed by atoms with E-state index < -0.39 is 11.4 Å². The molecule has 0 aliphatic heterocycles. The van der Waals surface area contributed by atoms with Crippen LogP contribution in [0.25, 0.3) is 0 Å². The van der Waals surface area contributed by atoms with Crippen molar-refractivity contribution in [2.24, 2.45) is 5.41 Å². The van der Waals surface area contributed by atoms with E-state index in [2.05, 4.69) is 5.32 Å². The summed E-state index contributed by atoms with van der Waals surface area (Å²) in [5.41, 5.74) is -0.908. The van der Waals surface area contributed by atoms with Crippen molar-refractivity contribution in [1.82, 2.24) is 15.1 Å². The fraction of sp³-hybridized carbons (Fsp3) is 0.857. The molecule has 1 unspecified atom stereocenters. The Hall–Kier alpha value is -1.30. The molecule has 0 aromatic carbocycles. The van der Waals surface area contributed by atoms with Crippen LogP contribution in [-0.2, 0) is 4.79 Å². The summed E-state index contributed by atoms with van der Waals surface area (Å²) < 4.78 is 0. The molecular formula is C14H29N3O3. The summed E-state index contributed by atoms with van der Waals surface area (Å²) in [4.78, 5) is 27.1. The van der Waals surface area contributed by atoms with Crippen LogP contribution < -0.4 is 5.32 Å². The highest BCUT2D eigenvalue weighted by atomic mass is 16.4. The Kier molecular flexibility index (Phi) is 8.22. The molecule has 0 heterocycles. The number of carboxylic acid groups (broad SMARTS) is 1. The SMILES string of the molecule is CCCN(CCN(C)C)C(=O)NCC(C)(CC)C(=O)O. The number of urea groups is 1. The summed E-state index contributed by atoms with van der Waals surface area (Å²) in [6.45, 7) is 7.74. The number of carbonyl (C=O) groups excluding carboxylic acids is 1. The number of hydrogen-bond acceptors (Lipinski definition) is 3. The van der Waals surface area contributed by atoms with Crippen LogP contribution in [0.4, 0.5) is 4.79 Å². The fourth-order valence-electron chi connectivity index (χ4n) is 1.64.